The molecule has 126 valence electrons. The molecule has 0 atom stereocenters. The zero-order valence-electron chi connectivity index (χ0n) is 16.2. The van der Waals surface area contributed by atoms with E-state index < -0.39 is 47.0 Å². The van der Waals surface area contributed by atoms with Crippen molar-refractivity contribution < 1.29 is 12.3 Å². The quantitative estimate of drug-likeness (QED) is 0.563. The van der Waals surface area contributed by atoms with E-state index >= 15 is 0 Å². The summed E-state index contributed by atoms with van der Waals surface area (Å²) in [6.45, 7) is 28.7. The van der Waals surface area contributed by atoms with Crippen molar-refractivity contribution in [2.45, 2.75) is 78.6 Å². The molecule has 1 aliphatic heterocycles. The van der Waals surface area contributed by atoms with Crippen LogP contribution in [-0.2, 0) is 12.3 Å². The van der Waals surface area contributed by atoms with Gasteiger partial charge in [0.25, 0.3) is 0 Å². The van der Waals surface area contributed by atoms with Crippen molar-refractivity contribution in [3.63, 3.8) is 0 Å². The summed E-state index contributed by atoms with van der Waals surface area (Å²) in [4.78, 5) is 0. The first-order chi connectivity index (χ1) is 8.87. The highest BCUT2D eigenvalue weighted by atomic mass is 29.4. The minimum Gasteiger partial charge on any atom is -0.456 e. The second-order valence-corrected chi connectivity index (χ2v) is 51.6. The fraction of sp³-hybridized carbons (Fsp3) is 1.00. The summed E-state index contributed by atoms with van der Waals surface area (Å²) in [6, 6.07) is 0. The Morgan fingerprint density at radius 2 is 0.381 bits per heavy atom. The van der Waals surface area contributed by atoms with Gasteiger partial charge in [-0.15, -0.1) is 0 Å². The third-order valence-electron chi connectivity index (χ3n) is 5.88. The lowest BCUT2D eigenvalue weighted by atomic mass is 11.9. The van der Waals surface area contributed by atoms with Gasteiger partial charge < -0.3 is 12.3 Å². The molecule has 1 fully saturated rings. The van der Waals surface area contributed by atoms with E-state index in [0.717, 1.165) is 0 Å². The number of rotatable bonds is 0. The molecule has 1 rings (SSSR count). The molecule has 0 aromatic carbocycles. The van der Waals surface area contributed by atoms with Crippen LogP contribution in [0.3, 0.4) is 0 Å². The van der Waals surface area contributed by atoms with Crippen molar-refractivity contribution in [2.24, 2.45) is 0 Å². The normalized spacial score (nSPS) is 32.6. The number of hydrogen-bond acceptors (Lipinski definition) is 3. The van der Waals surface area contributed by atoms with E-state index in [1.165, 1.54) is 0 Å². The van der Waals surface area contributed by atoms with Crippen LogP contribution in [0.5, 0.6) is 0 Å². The third-order valence-corrected chi connectivity index (χ3v) is 58.4. The van der Waals surface area contributed by atoms with Gasteiger partial charge in [0.2, 0.25) is 0 Å². The van der Waals surface area contributed by atoms with E-state index in [0.29, 0.717) is 0 Å². The molecule has 0 radical (unpaired) electrons. The Bertz CT molecular complexity index is 319. The van der Waals surface area contributed by atoms with Crippen LogP contribution in [-0.4, -0.2) is 47.0 Å². The molecular weight excluding hydrogens is 361 g/mol. The van der Waals surface area contributed by atoms with Gasteiger partial charge in [-0.25, -0.2) is 0 Å². The van der Waals surface area contributed by atoms with E-state index in [4.69, 9.17) is 12.3 Å². The van der Waals surface area contributed by atoms with Crippen LogP contribution < -0.4 is 0 Å². The molecule has 1 saturated heterocycles. The first-order valence-corrected chi connectivity index (χ1v) is 28.4. The van der Waals surface area contributed by atoms with Crippen LogP contribution in [0.25, 0.3) is 0 Å². The third kappa shape index (κ3) is 3.65. The number of hydrogen-bond donors (Lipinski definition) is 0. The Morgan fingerprint density at radius 1 is 0.286 bits per heavy atom. The Labute approximate surface area is 137 Å². The average Bonchev–Trinajstić information content (AvgIpc) is 2.09. The predicted octanol–water partition coefficient (Wildman–Crippen LogP) is 4.52. The Balaban J connectivity index is 3.50. The van der Waals surface area contributed by atoms with Gasteiger partial charge >= 0.3 is 0 Å². The summed E-state index contributed by atoms with van der Waals surface area (Å²) in [7, 11) is -10.9. The molecule has 0 aliphatic carbocycles. The van der Waals surface area contributed by atoms with Crippen molar-refractivity contribution >= 4 is 47.0 Å². The maximum atomic E-state index is 6.96. The Kier molecular flexibility index (Phi) is 5.15. The van der Waals surface area contributed by atoms with Crippen LogP contribution in [0.15, 0.2) is 0 Å². The van der Waals surface area contributed by atoms with Gasteiger partial charge in [0.15, 0.2) is 47.0 Å². The molecule has 1 aliphatic rings. The van der Waals surface area contributed by atoms with Gasteiger partial charge in [0.1, 0.15) is 0 Å². The van der Waals surface area contributed by atoms with Crippen molar-refractivity contribution in [3.8, 4) is 0 Å². The Hall–Kier alpha value is 1.18. The van der Waals surface area contributed by atoms with Gasteiger partial charge in [0.05, 0.1) is 0 Å². The highest BCUT2D eigenvalue weighted by molar-refractivity contribution is 7.49. The lowest BCUT2D eigenvalue weighted by Gasteiger charge is -2.46. The smallest absolute Gasteiger partial charge is 0.191 e. The second-order valence-electron chi connectivity index (χ2n) is 9.37. The molecule has 0 aromatic heterocycles. The largest absolute Gasteiger partial charge is 0.456 e. The second kappa shape index (κ2) is 5.34. The van der Waals surface area contributed by atoms with Gasteiger partial charge in [-0.3, -0.25) is 0 Å². The molecule has 0 amide bonds. The van der Waals surface area contributed by atoms with Crippen LogP contribution >= 0.6 is 0 Å². The van der Waals surface area contributed by atoms with Crippen LogP contribution in [0, 0.1) is 0 Å². The van der Waals surface area contributed by atoms with Gasteiger partial charge in [-0.1, -0.05) is 0 Å². The van der Waals surface area contributed by atoms with Crippen molar-refractivity contribution in [1.82, 2.24) is 0 Å². The maximum absolute atomic E-state index is 6.96. The monoisotopic (exact) mass is 396 g/mol. The molecule has 0 bridgehead atoms. The zero-order valence-corrected chi connectivity index (χ0v) is 22.2. The summed E-state index contributed by atoms with van der Waals surface area (Å²) in [6.07, 6.45) is 0. The van der Waals surface area contributed by atoms with E-state index in [1.54, 1.807) is 0 Å². The Morgan fingerprint density at radius 3 is 0.476 bits per heavy atom. The maximum Gasteiger partial charge on any atom is 0.191 e. The highest BCUT2D eigenvalue weighted by Crippen LogP contribution is 2.38. The standard InChI is InChI=1S/C12H36O3Si6/c1-16(2)13-18(5,6)20(9,10)15-21(11,12)19(7,8)14-17(16,3)4/h1-12H3. The molecular formula is C12H36O3Si6. The van der Waals surface area contributed by atoms with Gasteiger partial charge in [0, 0.05) is 0 Å². The summed E-state index contributed by atoms with van der Waals surface area (Å²) in [5.41, 5.74) is 0. The molecule has 9 heteroatoms. The summed E-state index contributed by atoms with van der Waals surface area (Å²) >= 11 is 0. The molecule has 1 heterocycles. The van der Waals surface area contributed by atoms with Crippen molar-refractivity contribution in [2.75, 3.05) is 0 Å². The van der Waals surface area contributed by atoms with E-state index in [-0.39, 0.29) is 0 Å². The fourth-order valence-corrected chi connectivity index (χ4v) is 53.7. The molecule has 3 nitrogen and oxygen atoms in total. The van der Waals surface area contributed by atoms with Gasteiger partial charge in [-0.05, 0) is 78.6 Å². The molecule has 0 saturated carbocycles. The zero-order chi connectivity index (χ0) is 17.1. The fourth-order valence-electron chi connectivity index (χ4n) is 2.65. The molecule has 0 spiro atoms. The van der Waals surface area contributed by atoms with E-state index in [9.17, 15) is 0 Å². The van der Waals surface area contributed by atoms with Crippen LogP contribution in [0.1, 0.15) is 0 Å². The van der Waals surface area contributed by atoms with Crippen LogP contribution in [0.4, 0.5) is 0 Å². The first-order valence-electron chi connectivity index (χ1n) is 7.97. The molecule has 0 N–H and O–H groups in total. The first kappa shape index (κ1) is 20.2. The molecule has 21 heavy (non-hydrogen) atoms. The summed E-state index contributed by atoms with van der Waals surface area (Å²) in [5, 5.41) is 0. The minimum atomic E-state index is -1.82. The topological polar surface area (TPSA) is 27.7 Å². The summed E-state index contributed by atoms with van der Waals surface area (Å²) in [5.74, 6) is 0. The minimum absolute atomic E-state index is 1.82. The summed E-state index contributed by atoms with van der Waals surface area (Å²) < 4.78 is 20.9. The highest BCUT2D eigenvalue weighted by Gasteiger charge is 2.61. The SMILES string of the molecule is C[Si]1(C)O[Si](C)(C)[Si](C)(C)O[Si](C)(C)[Si](C)(C)O[Si]1(C)C. The molecule has 0 aromatic rings. The average molecular weight is 397 g/mol. The molecule has 0 unspecified atom stereocenters. The van der Waals surface area contributed by atoms with E-state index in [1.807, 2.05) is 0 Å². The van der Waals surface area contributed by atoms with Crippen molar-refractivity contribution in [1.29, 1.82) is 0 Å². The van der Waals surface area contributed by atoms with Gasteiger partial charge in [-0.2, -0.15) is 0 Å². The van der Waals surface area contributed by atoms with E-state index in [2.05, 4.69) is 78.6 Å². The lowest BCUT2D eigenvalue weighted by molar-refractivity contribution is 0.535. The van der Waals surface area contributed by atoms with Crippen LogP contribution in [0.2, 0.25) is 78.6 Å². The predicted molar refractivity (Wildman–Crippen MR) is 108 cm³/mol. The lowest BCUT2D eigenvalue weighted by Crippen LogP contribution is -2.69. The van der Waals surface area contributed by atoms with Crippen molar-refractivity contribution in [3.05, 3.63) is 0 Å².